The molecule has 0 atom stereocenters. The molecule has 0 amide bonds. The SMILES string of the molecule is CCCCCCCCCCCCCCCC[n+]1ccccc1.O=C(O)c1ccc(Sc2ccc(C(=O)O)cc2)cc1. The van der Waals surface area contributed by atoms with Gasteiger partial charge in [-0.25, -0.2) is 14.2 Å². The molecule has 5 nitrogen and oxygen atoms in total. The van der Waals surface area contributed by atoms with Crippen LogP contribution in [0.25, 0.3) is 0 Å². The third-order valence-corrected chi connectivity index (χ3v) is 8.00. The lowest BCUT2D eigenvalue weighted by Crippen LogP contribution is -2.32. The molecule has 0 saturated carbocycles. The van der Waals surface area contributed by atoms with Crippen LogP contribution in [0.4, 0.5) is 0 Å². The number of carbonyl (C=O) groups is 2. The van der Waals surface area contributed by atoms with E-state index >= 15 is 0 Å². The second kappa shape index (κ2) is 21.6. The van der Waals surface area contributed by atoms with Crippen LogP contribution in [0.3, 0.4) is 0 Å². The number of benzene rings is 2. The molecule has 0 aliphatic heterocycles. The molecule has 3 rings (SSSR count). The van der Waals surface area contributed by atoms with Crippen LogP contribution in [0.15, 0.2) is 88.9 Å². The molecule has 0 aliphatic rings. The highest BCUT2D eigenvalue weighted by Crippen LogP contribution is 2.28. The van der Waals surface area contributed by atoms with E-state index in [4.69, 9.17) is 10.2 Å². The Labute approximate surface area is 251 Å². The standard InChI is InChI=1S/C21H38N.C14H10O4S/c1-2-3-4-5-6-7-8-9-10-11-12-13-14-16-19-22-20-17-15-18-21-22;15-13(16)9-1-5-11(6-2-9)19-12-7-3-10(4-8-12)14(17)18/h15,17-18,20-21H,2-14,16,19H2,1H3;1-8H,(H,15,16)(H,17,18)/q+1;. The van der Waals surface area contributed by atoms with Gasteiger partial charge in [-0.15, -0.1) is 0 Å². The van der Waals surface area contributed by atoms with E-state index in [-0.39, 0.29) is 11.1 Å². The van der Waals surface area contributed by atoms with Crippen LogP contribution in [-0.4, -0.2) is 22.2 Å². The highest BCUT2D eigenvalue weighted by atomic mass is 32.2. The van der Waals surface area contributed by atoms with Crippen molar-refractivity contribution in [2.45, 2.75) is 113 Å². The molecule has 6 heteroatoms. The number of carboxylic acid groups (broad SMARTS) is 2. The van der Waals surface area contributed by atoms with Gasteiger partial charge in [0.05, 0.1) is 11.1 Å². The molecule has 0 unspecified atom stereocenters. The van der Waals surface area contributed by atoms with Crippen LogP contribution in [0.1, 0.15) is 118 Å². The Morgan fingerprint density at radius 3 is 1.29 bits per heavy atom. The Balaban J connectivity index is 0.000000289. The normalized spacial score (nSPS) is 10.6. The van der Waals surface area contributed by atoms with Gasteiger partial charge in [-0.3, -0.25) is 0 Å². The number of rotatable bonds is 19. The van der Waals surface area contributed by atoms with Gasteiger partial charge >= 0.3 is 11.9 Å². The molecule has 3 aromatic rings. The molecule has 0 radical (unpaired) electrons. The van der Waals surface area contributed by atoms with Crippen LogP contribution in [0, 0.1) is 0 Å². The Hall–Kier alpha value is -3.12. The quantitative estimate of drug-likeness (QED) is 0.109. The number of carboxylic acids is 2. The molecule has 41 heavy (non-hydrogen) atoms. The van der Waals surface area contributed by atoms with Gasteiger partial charge < -0.3 is 10.2 Å². The first-order chi connectivity index (χ1) is 20.0. The highest BCUT2D eigenvalue weighted by Gasteiger charge is 2.05. The van der Waals surface area contributed by atoms with E-state index < -0.39 is 11.9 Å². The maximum atomic E-state index is 10.7. The lowest BCUT2D eigenvalue weighted by atomic mass is 10.0. The second-order valence-electron chi connectivity index (χ2n) is 10.5. The Morgan fingerprint density at radius 1 is 0.561 bits per heavy atom. The maximum Gasteiger partial charge on any atom is 0.335 e. The van der Waals surface area contributed by atoms with Crippen molar-refractivity contribution in [3.05, 3.63) is 90.3 Å². The van der Waals surface area contributed by atoms with Crippen LogP contribution in [0.2, 0.25) is 0 Å². The van der Waals surface area contributed by atoms with Crippen molar-refractivity contribution in [3.8, 4) is 0 Å². The van der Waals surface area contributed by atoms with Gasteiger partial charge in [-0.05, 0) is 55.0 Å². The fourth-order valence-corrected chi connectivity index (χ4v) is 5.36. The summed E-state index contributed by atoms with van der Waals surface area (Å²) in [5.74, 6) is -1.91. The Kier molecular flexibility index (Phi) is 18.0. The van der Waals surface area contributed by atoms with E-state index in [1.54, 1.807) is 24.3 Å². The van der Waals surface area contributed by atoms with E-state index in [1.807, 2.05) is 0 Å². The summed E-state index contributed by atoms with van der Waals surface area (Å²) in [5.41, 5.74) is 0.483. The van der Waals surface area contributed by atoms with Crippen molar-refractivity contribution in [1.29, 1.82) is 0 Å². The average Bonchev–Trinajstić information content (AvgIpc) is 2.99. The van der Waals surface area contributed by atoms with Crippen LogP contribution >= 0.6 is 11.8 Å². The fraction of sp³-hybridized carbons (Fsp3) is 0.457. The van der Waals surface area contributed by atoms with Crippen molar-refractivity contribution in [3.63, 3.8) is 0 Å². The van der Waals surface area contributed by atoms with E-state index in [0.717, 1.165) is 9.79 Å². The monoisotopic (exact) mass is 578 g/mol. The van der Waals surface area contributed by atoms with Crippen molar-refractivity contribution < 1.29 is 24.4 Å². The number of pyridine rings is 1. The molecule has 2 aromatic carbocycles. The molecular formula is C35H48NO4S+. The van der Waals surface area contributed by atoms with E-state index in [2.05, 4.69) is 42.1 Å². The second-order valence-corrected chi connectivity index (χ2v) is 11.6. The number of unbranched alkanes of at least 4 members (excludes halogenated alkanes) is 13. The smallest absolute Gasteiger partial charge is 0.335 e. The lowest BCUT2D eigenvalue weighted by molar-refractivity contribution is -0.697. The third kappa shape index (κ3) is 16.0. The van der Waals surface area contributed by atoms with E-state index in [9.17, 15) is 9.59 Å². The van der Waals surface area contributed by atoms with Gasteiger partial charge in [-0.1, -0.05) is 102 Å². The average molecular weight is 579 g/mol. The van der Waals surface area contributed by atoms with Crippen LogP contribution < -0.4 is 4.57 Å². The minimum absolute atomic E-state index is 0.241. The molecule has 0 spiro atoms. The van der Waals surface area contributed by atoms with Crippen LogP contribution in [0.5, 0.6) is 0 Å². The zero-order valence-electron chi connectivity index (χ0n) is 24.7. The number of hydrogen-bond donors (Lipinski definition) is 2. The largest absolute Gasteiger partial charge is 0.478 e. The first-order valence-corrected chi connectivity index (χ1v) is 16.1. The predicted octanol–water partition coefficient (Wildman–Crippen LogP) is 9.69. The van der Waals surface area contributed by atoms with Crippen molar-refractivity contribution in [1.82, 2.24) is 0 Å². The van der Waals surface area contributed by atoms with Gasteiger partial charge in [0.15, 0.2) is 12.4 Å². The minimum atomic E-state index is -0.956. The number of aryl methyl sites for hydroxylation is 1. The molecule has 0 fully saturated rings. The molecule has 222 valence electrons. The van der Waals surface area contributed by atoms with Crippen molar-refractivity contribution >= 4 is 23.7 Å². The molecule has 0 saturated heterocycles. The predicted molar refractivity (Wildman–Crippen MR) is 168 cm³/mol. The topological polar surface area (TPSA) is 78.5 Å². The lowest BCUT2D eigenvalue weighted by Gasteiger charge is -2.03. The van der Waals surface area contributed by atoms with Gasteiger partial charge in [0.25, 0.3) is 0 Å². The van der Waals surface area contributed by atoms with Crippen molar-refractivity contribution in [2.24, 2.45) is 0 Å². The van der Waals surface area contributed by atoms with Crippen molar-refractivity contribution in [2.75, 3.05) is 0 Å². The van der Waals surface area contributed by atoms with Gasteiger partial charge in [-0.2, -0.15) is 0 Å². The fourth-order valence-electron chi connectivity index (χ4n) is 4.54. The van der Waals surface area contributed by atoms with Gasteiger partial charge in [0.2, 0.25) is 0 Å². The summed E-state index contributed by atoms with van der Waals surface area (Å²) >= 11 is 1.44. The molecular weight excluding hydrogens is 530 g/mol. The molecule has 1 aromatic heterocycles. The van der Waals surface area contributed by atoms with Gasteiger partial charge in [0.1, 0.15) is 6.54 Å². The number of nitrogens with zero attached hydrogens (tertiary/aromatic N) is 1. The third-order valence-electron chi connectivity index (χ3n) is 6.99. The Morgan fingerprint density at radius 2 is 0.927 bits per heavy atom. The summed E-state index contributed by atoms with van der Waals surface area (Å²) in [4.78, 5) is 23.2. The number of hydrogen-bond acceptors (Lipinski definition) is 3. The zero-order chi connectivity index (χ0) is 29.5. The summed E-state index contributed by atoms with van der Waals surface area (Å²) in [5, 5.41) is 17.6. The number of aromatic nitrogens is 1. The van der Waals surface area contributed by atoms with Crippen LogP contribution in [-0.2, 0) is 6.54 Å². The molecule has 1 heterocycles. The highest BCUT2D eigenvalue weighted by molar-refractivity contribution is 7.99. The number of aromatic carboxylic acids is 2. The summed E-state index contributed by atoms with van der Waals surface area (Å²) in [6.07, 6.45) is 24.4. The molecule has 2 N–H and O–H groups in total. The zero-order valence-corrected chi connectivity index (χ0v) is 25.5. The summed E-state index contributed by atoms with van der Waals surface area (Å²) in [6, 6.07) is 19.4. The minimum Gasteiger partial charge on any atom is -0.478 e. The maximum absolute atomic E-state index is 10.7. The molecule has 0 aliphatic carbocycles. The Bertz CT molecular complexity index is 1050. The van der Waals surface area contributed by atoms with Gasteiger partial charge in [0, 0.05) is 28.3 Å². The summed E-state index contributed by atoms with van der Waals surface area (Å²) in [6.45, 7) is 3.47. The van der Waals surface area contributed by atoms with E-state index in [0.29, 0.717) is 0 Å². The molecule has 0 bridgehead atoms. The summed E-state index contributed by atoms with van der Waals surface area (Å²) < 4.78 is 2.29. The summed E-state index contributed by atoms with van der Waals surface area (Å²) in [7, 11) is 0. The first-order valence-electron chi connectivity index (χ1n) is 15.3. The first kappa shape index (κ1) is 34.1. The van der Waals surface area contributed by atoms with E-state index in [1.165, 1.54) is 132 Å².